The number of urea groups is 1. The molecule has 1 aromatic carbocycles. The van der Waals surface area contributed by atoms with Crippen molar-refractivity contribution in [1.82, 2.24) is 9.47 Å². The minimum Gasteiger partial charge on any atom is -0.345 e. The van der Waals surface area contributed by atoms with E-state index < -0.39 is 6.03 Å². The first kappa shape index (κ1) is 14.5. The molecule has 0 bridgehead atoms. The van der Waals surface area contributed by atoms with E-state index in [1.165, 1.54) is 4.90 Å². The van der Waals surface area contributed by atoms with Crippen molar-refractivity contribution in [2.75, 3.05) is 6.54 Å². The fourth-order valence-corrected chi connectivity index (χ4v) is 2.89. The maximum Gasteiger partial charge on any atom is 0.350 e. The number of aliphatic imine (C=N–C) groups is 1. The number of hydrogen-bond donors (Lipinski definition) is 0. The molecule has 1 aliphatic rings. The highest BCUT2D eigenvalue weighted by Crippen LogP contribution is 2.26. The maximum absolute atomic E-state index is 12.2. The van der Waals surface area contributed by atoms with Gasteiger partial charge >= 0.3 is 6.03 Å². The van der Waals surface area contributed by atoms with Crippen molar-refractivity contribution >= 4 is 28.6 Å². The van der Waals surface area contributed by atoms with Crippen molar-refractivity contribution in [3.63, 3.8) is 0 Å². The highest BCUT2D eigenvalue weighted by molar-refractivity contribution is 6.46. The van der Waals surface area contributed by atoms with Crippen LogP contribution in [0.2, 0.25) is 0 Å². The van der Waals surface area contributed by atoms with Gasteiger partial charge in [0.15, 0.2) is 0 Å². The third-order valence-corrected chi connectivity index (χ3v) is 4.01. The normalized spacial score (nSPS) is 15.3. The summed E-state index contributed by atoms with van der Waals surface area (Å²) in [7, 11) is 0. The summed E-state index contributed by atoms with van der Waals surface area (Å²) in [5, 5.41) is 1.11. The van der Waals surface area contributed by atoms with E-state index in [4.69, 9.17) is 0 Å². The lowest BCUT2D eigenvalue weighted by Crippen LogP contribution is -2.32. The Hall–Kier alpha value is -2.43. The lowest BCUT2D eigenvalue weighted by atomic mass is 10.1. The molecule has 0 saturated heterocycles. The van der Waals surface area contributed by atoms with Gasteiger partial charge < -0.3 is 4.57 Å². The van der Waals surface area contributed by atoms with Gasteiger partial charge in [0, 0.05) is 36.1 Å². The predicted octanol–water partition coefficient (Wildman–Crippen LogP) is 3.19. The molecule has 3 rings (SSSR count). The molecule has 0 fully saturated rings. The van der Waals surface area contributed by atoms with Crippen molar-refractivity contribution in [2.24, 2.45) is 4.99 Å². The van der Waals surface area contributed by atoms with Gasteiger partial charge in [-0.1, -0.05) is 18.2 Å². The molecule has 0 saturated carbocycles. The standard InChI is InChI=1S/C17H19N3O2/c1-4-19-16(21)14(18-17(19)22)9-12-10-20(11(2)3)15-8-6-5-7-13(12)15/h5-8,10-11H,4,9H2,1-3H3. The van der Waals surface area contributed by atoms with E-state index in [9.17, 15) is 9.59 Å². The molecule has 0 atom stereocenters. The molecular formula is C17H19N3O2. The van der Waals surface area contributed by atoms with Crippen molar-refractivity contribution in [1.29, 1.82) is 0 Å². The first-order chi connectivity index (χ1) is 10.5. The fraction of sp³-hybridized carbons (Fsp3) is 0.353. The number of imide groups is 1. The van der Waals surface area contributed by atoms with Crippen LogP contribution in [-0.2, 0) is 11.2 Å². The summed E-state index contributed by atoms with van der Waals surface area (Å²) in [4.78, 5) is 29.0. The van der Waals surface area contributed by atoms with Crippen LogP contribution >= 0.6 is 0 Å². The van der Waals surface area contributed by atoms with Crippen molar-refractivity contribution in [2.45, 2.75) is 33.2 Å². The Bertz CT molecular complexity index is 786. The Kier molecular flexibility index (Phi) is 3.56. The first-order valence-electron chi connectivity index (χ1n) is 7.54. The van der Waals surface area contributed by atoms with E-state index in [1.54, 1.807) is 6.92 Å². The summed E-state index contributed by atoms with van der Waals surface area (Å²) in [5.74, 6) is -0.270. The summed E-state index contributed by atoms with van der Waals surface area (Å²) >= 11 is 0. The Morgan fingerprint density at radius 2 is 1.91 bits per heavy atom. The van der Waals surface area contributed by atoms with Crippen LogP contribution in [0.1, 0.15) is 32.4 Å². The van der Waals surface area contributed by atoms with E-state index in [-0.39, 0.29) is 5.91 Å². The van der Waals surface area contributed by atoms with Gasteiger partial charge in [-0.05, 0) is 32.4 Å². The van der Waals surface area contributed by atoms with Gasteiger partial charge in [0.2, 0.25) is 0 Å². The van der Waals surface area contributed by atoms with Crippen molar-refractivity contribution in [3.05, 3.63) is 36.0 Å². The Morgan fingerprint density at radius 3 is 2.55 bits per heavy atom. The second kappa shape index (κ2) is 5.40. The number of amides is 3. The van der Waals surface area contributed by atoms with Gasteiger partial charge in [-0.3, -0.25) is 9.69 Å². The molecule has 0 aliphatic carbocycles. The molecule has 2 aromatic rings. The zero-order valence-electron chi connectivity index (χ0n) is 13.0. The van der Waals surface area contributed by atoms with Gasteiger partial charge in [0.05, 0.1) is 0 Å². The second-order valence-electron chi connectivity index (χ2n) is 5.74. The van der Waals surface area contributed by atoms with Crippen LogP contribution in [0.25, 0.3) is 10.9 Å². The molecule has 0 N–H and O–H groups in total. The van der Waals surface area contributed by atoms with Crippen molar-refractivity contribution < 1.29 is 9.59 Å². The average molecular weight is 297 g/mol. The molecule has 114 valence electrons. The average Bonchev–Trinajstić information content (AvgIpc) is 2.98. The molecule has 0 radical (unpaired) electrons. The lowest BCUT2D eigenvalue weighted by molar-refractivity contribution is -0.120. The summed E-state index contributed by atoms with van der Waals surface area (Å²) in [6.07, 6.45) is 2.45. The number of fused-ring (bicyclic) bond motifs is 1. The number of para-hydroxylation sites is 1. The number of hydrogen-bond acceptors (Lipinski definition) is 2. The fourth-order valence-electron chi connectivity index (χ4n) is 2.89. The monoisotopic (exact) mass is 297 g/mol. The number of aromatic nitrogens is 1. The van der Waals surface area contributed by atoms with Gasteiger partial charge in [-0.15, -0.1) is 0 Å². The summed E-state index contributed by atoms with van der Waals surface area (Å²) in [5.41, 5.74) is 2.50. The largest absolute Gasteiger partial charge is 0.350 e. The van der Waals surface area contributed by atoms with Crippen LogP contribution in [0.4, 0.5) is 4.79 Å². The highest BCUT2D eigenvalue weighted by Gasteiger charge is 2.32. The van der Waals surface area contributed by atoms with Crippen LogP contribution in [-0.4, -0.2) is 33.7 Å². The molecule has 1 aromatic heterocycles. The molecule has 5 nitrogen and oxygen atoms in total. The summed E-state index contributed by atoms with van der Waals surface area (Å²) in [6, 6.07) is 7.98. The molecule has 2 heterocycles. The summed E-state index contributed by atoms with van der Waals surface area (Å²) < 4.78 is 2.18. The molecule has 0 spiro atoms. The Balaban J connectivity index is 2.00. The predicted molar refractivity (Wildman–Crippen MR) is 86.2 cm³/mol. The molecule has 3 amide bonds. The Labute approximate surface area is 129 Å². The van der Waals surface area contributed by atoms with E-state index in [2.05, 4.69) is 35.7 Å². The maximum atomic E-state index is 12.2. The second-order valence-corrected chi connectivity index (χ2v) is 5.74. The number of carbonyl (C=O) groups is 2. The molecule has 5 heteroatoms. The van der Waals surface area contributed by atoms with E-state index in [0.29, 0.717) is 24.7 Å². The van der Waals surface area contributed by atoms with Crippen LogP contribution in [0.3, 0.4) is 0 Å². The van der Waals surface area contributed by atoms with E-state index in [1.807, 2.05) is 18.2 Å². The third-order valence-electron chi connectivity index (χ3n) is 4.01. The van der Waals surface area contributed by atoms with Crippen LogP contribution in [0.15, 0.2) is 35.5 Å². The zero-order chi connectivity index (χ0) is 15.9. The van der Waals surface area contributed by atoms with Crippen LogP contribution in [0.5, 0.6) is 0 Å². The molecule has 22 heavy (non-hydrogen) atoms. The SMILES string of the molecule is CCN1C(=O)N=C(Cc2cn(C(C)C)c3ccccc23)C1=O. The Morgan fingerprint density at radius 1 is 1.18 bits per heavy atom. The van der Waals surface area contributed by atoms with Crippen molar-refractivity contribution in [3.8, 4) is 0 Å². The number of benzene rings is 1. The van der Waals surface area contributed by atoms with Gasteiger partial charge in [-0.2, -0.15) is 4.99 Å². The lowest BCUT2D eigenvalue weighted by Gasteiger charge is -2.08. The molecular weight excluding hydrogens is 278 g/mol. The zero-order valence-corrected chi connectivity index (χ0v) is 13.0. The van der Waals surface area contributed by atoms with Crippen LogP contribution in [0, 0.1) is 0 Å². The van der Waals surface area contributed by atoms with E-state index >= 15 is 0 Å². The molecule has 0 unspecified atom stereocenters. The minimum atomic E-state index is -0.449. The number of rotatable bonds is 4. The summed E-state index contributed by atoms with van der Waals surface area (Å²) in [6.45, 7) is 6.38. The van der Waals surface area contributed by atoms with Gasteiger partial charge in [-0.25, -0.2) is 4.79 Å². The minimum absolute atomic E-state index is 0.270. The quantitative estimate of drug-likeness (QED) is 0.870. The molecule has 1 aliphatic heterocycles. The van der Waals surface area contributed by atoms with Gasteiger partial charge in [0.25, 0.3) is 5.91 Å². The number of carbonyl (C=O) groups excluding carboxylic acids is 2. The topological polar surface area (TPSA) is 54.7 Å². The van der Waals surface area contributed by atoms with Crippen LogP contribution < -0.4 is 0 Å². The smallest absolute Gasteiger partial charge is 0.345 e. The third kappa shape index (κ3) is 2.22. The number of nitrogens with zero attached hydrogens (tertiary/aromatic N) is 3. The van der Waals surface area contributed by atoms with Gasteiger partial charge in [0.1, 0.15) is 5.71 Å². The van der Waals surface area contributed by atoms with E-state index in [0.717, 1.165) is 16.5 Å². The highest BCUT2D eigenvalue weighted by atomic mass is 16.2. The first-order valence-corrected chi connectivity index (χ1v) is 7.54.